The molecule has 108 valence electrons. The number of aryl methyl sites for hydroxylation is 1. The van der Waals surface area contributed by atoms with E-state index in [0.29, 0.717) is 5.02 Å². The number of thiophene rings is 1. The summed E-state index contributed by atoms with van der Waals surface area (Å²) < 4.78 is 13.1. The zero-order chi connectivity index (χ0) is 14.5. The van der Waals surface area contributed by atoms with Gasteiger partial charge in [0.15, 0.2) is 0 Å². The summed E-state index contributed by atoms with van der Waals surface area (Å²) in [4.78, 5) is 1.32. The first kappa shape index (κ1) is 15.5. The highest BCUT2D eigenvalue weighted by molar-refractivity contribution is 7.10. The molecule has 20 heavy (non-hydrogen) atoms. The monoisotopic (exact) mass is 311 g/mol. The summed E-state index contributed by atoms with van der Waals surface area (Å²) in [7, 11) is 0. The lowest BCUT2D eigenvalue weighted by Crippen LogP contribution is -2.24. The van der Waals surface area contributed by atoms with Crippen molar-refractivity contribution in [1.82, 2.24) is 5.32 Å². The molecule has 0 saturated heterocycles. The van der Waals surface area contributed by atoms with Gasteiger partial charge in [0.1, 0.15) is 5.82 Å². The Labute approximate surface area is 128 Å². The fourth-order valence-corrected chi connectivity index (χ4v) is 3.28. The predicted molar refractivity (Wildman–Crippen MR) is 85.2 cm³/mol. The van der Waals surface area contributed by atoms with E-state index in [1.54, 1.807) is 17.4 Å². The molecule has 0 aliphatic heterocycles. The maximum Gasteiger partial charge on any atom is 0.124 e. The van der Waals surface area contributed by atoms with Crippen LogP contribution in [0.25, 0.3) is 0 Å². The SMILES string of the molecule is CCCNC(Cc1ccc(F)cc1Cl)c1ccsc1C. The molecule has 1 nitrogen and oxygen atoms in total. The molecule has 0 aliphatic carbocycles. The Kier molecular flexibility index (Phi) is 5.58. The van der Waals surface area contributed by atoms with Crippen molar-refractivity contribution in [3.63, 3.8) is 0 Å². The molecule has 0 aliphatic rings. The predicted octanol–water partition coefficient (Wildman–Crippen LogP) is 5.13. The lowest BCUT2D eigenvalue weighted by molar-refractivity contribution is 0.528. The number of benzene rings is 1. The topological polar surface area (TPSA) is 12.0 Å². The van der Waals surface area contributed by atoms with Crippen LogP contribution in [0.4, 0.5) is 4.39 Å². The van der Waals surface area contributed by atoms with Gasteiger partial charge in [0.25, 0.3) is 0 Å². The van der Waals surface area contributed by atoms with Crippen molar-refractivity contribution in [1.29, 1.82) is 0 Å². The third-order valence-electron chi connectivity index (χ3n) is 3.35. The molecular formula is C16H19ClFNS. The highest BCUT2D eigenvalue weighted by Crippen LogP contribution is 2.28. The van der Waals surface area contributed by atoms with Crippen LogP contribution in [-0.4, -0.2) is 6.54 Å². The Morgan fingerprint density at radius 2 is 2.15 bits per heavy atom. The van der Waals surface area contributed by atoms with Gasteiger partial charge in [-0.2, -0.15) is 0 Å². The average Bonchev–Trinajstić information content (AvgIpc) is 2.83. The fraction of sp³-hybridized carbons (Fsp3) is 0.375. The average molecular weight is 312 g/mol. The Bertz CT molecular complexity index is 567. The Morgan fingerprint density at radius 3 is 2.75 bits per heavy atom. The van der Waals surface area contributed by atoms with Crippen LogP contribution in [-0.2, 0) is 6.42 Å². The van der Waals surface area contributed by atoms with E-state index >= 15 is 0 Å². The summed E-state index contributed by atoms with van der Waals surface area (Å²) in [5.41, 5.74) is 2.29. The molecule has 1 heterocycles. The largest absolute Gasteiger partial charge is 0.310 e. The summed E-state index contributed by atoms with van der Waals surface area (Å²) in [6, 6.07) is 7.02. The molecule has 0 saturated carbocycles. The Balaban J connectivity index is 2.21. The van der Waals surface area contributed by atoms with Crippen LogP contribution in [0.15, 0.2) is 29.6 Å². The van der Waals surface area contributed by atoms with Crippen LogP contribution in [0.3, 0.4) is 0 Å². The van der Waals surface area contributed by atoms with Gasteiger partial charge in [-0.05, 0) is 61.0 Å². The molecule has 0 spiro atoms. The van der Waals surface area contributed by atoms with Gasteiger partial charge in [-0.25, -0.2) is 4.39 Å². The van der Waals surface area contributed by atoms with Crippen LogP contribution in [0.5, 0.6) is 0 Å². The summed E-state index contributed by atoms with van der Waals surface area (Å²) in [5, 5.41) is 6.17. The molecule has 1 N–H and O–H groups in total. The van der Waals surface area contributed by atoms with Gasteiger partial charge in [-0.3, -0.25) is 0 Å². The van der Waals surface area contributed by atoms with Gasteiger partial charge in [-0.15, -0.1) is 11.3 Å². The second kappa shape index (κ2) is 7.21. The highest BCUT2D eigenvalue weighted by atomic mass is 35.5. The van der Waals surface area contributed by atoms with Gasteiger partial charge in [0.2, 0.25) is 0 Å². The van der Waals surface area contributed by atoms with E-state index in [9.17, 15) is 4.39 Å². The minimum absolute atomic E-state index is 0.226. The van der Waals surface area contributed by atoms with Gasteiger partial charge in [-0.1, -0.05) is 24.6 Å². The molecule has 4 heteroatoms. The van der Waals surface area contributed by atoms with Crippen LogP contribution in [0.1, 0.15) is 35.4 Å². The van der Waals surface area contributed by atoms with Crippen molar-refractivity contribution in [2.45, 2.75) is 32.7 Å². The lowest BCUT2D eigenvalue weighted by atomic mass is 9.99. The molecule has 2 rings (SSSR count). The first-order chi connectivity index (χ1) is 9.61. The third kappa shape index (κ3) is 3.81. The molecule has 1 atom stereocenters. The molecule has 2 aromatic rings. The zero-order valence-electron chi connectivity index (χ0n) is 11.7. The number of hydrogen-bond donors (Lipinski definition) is 1. The van der Waals surface area contributed by atoms with Crippen molar-refractivity contribution < 1.29 is 4.39 Å². The van der Waals surface area contributed by atoms with E-state index in [0.717, 1.165) is 24.9 Å². The standard InChI is InChI=1S/C16H19ClFNS/c1-3-7-19-16(14-6-8-20-11(14)2)9-12-4-5-13(18)10-15(12)17/h4-6,8,10,16,19H,3,7,9H2,1-2H3. The second-order valence-electron chi connectivity index (χ2n) is 4.88. The van der Waals surface area contributed by atoms with Crippen molar-refractivity contribution in [2.24, 2.45) is 0 Å². The first-order valence-electron chi connectivity index (χ1n) is 6.83. The van der Waals surface area contributed by atoms with E-state index in [1.807, 2.05) is 0 Å². The Hall–Kier alpha value is -0.900. The zero-order valence-corrected chi connectivity index (χ0v) is 13.3. The van der Waals surface area contributed by atoms with Crippen LogP contribution >= 0.6 is 22.9 Å². The lowest BCUT2D eigenvalue weighted by Gasteiger charge is -2.19. The van der Waals surface area contributed by atoms with E-state index in [2.05, 4.69) is 30.6 Å². The molecule has 1 aromatic heterocycles. The summed E-state index contributed by atoms with van der Waals surface area (Å²) in [6.45, 7) is 5.24. The molecule has 0 radical (unpaired) electrons. The summed E-state index contributed by atoms with van der Waals surface area (Å²) in [6.07, 6.45) is 1.85. The third-order valence-corrected chi connectivity index (χ3v) is 4.57. The molecule has 1 unspecified atom stereocenters. The second-order valence-corrected chi connectivity index (χ2v) is 6.41. The van der Waals surface area contributed by atoms with E-state index in [4.69, 9.17) is 11.6 Å². The number of rotatable bonds is 6. The van der Waals surface area contributed by atoms with Gasteiger partial charge >= 0.3 is 0 Å². The Morgan fingerprint density at radius 1 is 1.35 bits per heavy atom. The molecule has 0 fully saturated rings. The quantitative estimate of drug-likeness (QED) is 0.779. The number of halogens is 2. The van der Waals surface area contributed by atoms with Crippen LogP contribution < -0.4 is 5.32 Å². The highest BCUT2D eigenvalue weighted by Gasteiger charge is 2.16. The van der Waals surface area contributed by atoms with E-state index < -0.39 is 0 Å². The van der Waals surface area contributed by atoms with Crippen molar-refractivity contribution in [3.05, 3.63) is 56.5 Å². The summed E-state index contributed by atoms with van der Waals surface area (Å²) in [5.74, 6) is -0.288. The maximum absolute atomic E-state index is 13.1. The number of hydrogen-bond acceptors (Lipinski definition) is 2. The van der Waals surface area contributed by atoms with Crippen molar-refractivity contribution in [3.8, 4) is 0 Å². The normalized spacial score (nSPS) is 12.6. The minimum atomic E-state index is -0.288. The van der Waals surface area contributed by atoms with Crippen molar-refractivity contribution >= 4 is 22.9 Å². The first-order valence-corrected chi connectivity index (χ1v) is 8.09. The fourth-order valence-electron chi connectivity index (χ4n) is 2.27. The molecule has 1 aromatic carbocycles. The van der Waals surface area contributed by atoms with Gasteiger partial charge in [0.05, 0.1) is 0 Å². The minimum Gasteiger partial charge on any atom is -0.310 e. The number of nitrogens with one attached hydrogen (secondary N) is 1. The van der Waals surface area contributed by atoms with Crippen LogP contribution in [0.2, 0.25) is 5.02 Å². The van der Waals surface area contributed by atoms with E-state index in [-0.39, 0.29) is 11.9 Å². The maximum atomic E-state index is 13.1. The van der Waals surface area contributed by atoms with Crippen LogP contribution in [0, 0.1) is 12.7 Å². The molecular weight excluding hydrogens is 293 g/mol. The van der Waals surface area contributed by atoms with Gasteiger partial charge < -0.3 is 5.32 Å². The summed E-state index contributed by atoms with van der Waals surface area (Å²) >= 11 is 7.89. The van der Waals surface area contributed by atoms with E-state index in [1.165, 1.54) is 22.6 Å². The molecule has 0 amide bonds. The smallest absolute Gasteiger partial charge is 0.124 e. The van der Waals surface area contributed by atoms with Gasteiger partial charge in [0, 0.05) is 15.9 Å². The molecule has 0 bridgehead atoms. The van der Waals surface area contributed by atoms with Crippen molar-refractivity contribution in [2.75, 3.05) is 6.54 Å².